The summed E-state index contributed by atoms with van der Waals surface area (Å²) in [4.78, 5) is 28.4. The van der Waals surface area contributed by atoms with Crippen LogP contribution in [0.4, 0.5) is 0 Å². The van der Waals surface area contributed by atoms with Gasteiger partial charge in [0.1, 0.15) is 11.2 Å². The zero-order chi connectivity index (χ0) is 14.6. The van der Waals surface area contributed by atoms with Gasteiger partial charge in [0.05, 0.1) is 12.1 Å². The summed E-state index contributed by atoms with van der Waals surface area (Å²) in [6.07, 6.45) is 3.70. The van der Waals surface area contributed by atoms with Crippen molar-refractivity contribution in [1.82, 2.24) is 10.3 Å². The lowest BCUT2D eigenvalue weighted by Crippen LogP contribution is -2.53. The van der Waals surface area contributed by atoms with Crippen molar-refractivity contribution in [1.29, 1.82) is 0 Å². The standard InChI is InChI=1S/C13H19N3O3S/c1-19-12(18)13(5-2-3-6-13)16-11(17)9-8-20-10(15-9)4-7-14/h8H,2-7,14H2,1H3,(H,16,17). The van der Waals surface area contributed by atoms with Crippen molar-refractivity contribution in [2.24, 2.45) is 5.73 Å². The molecular formula is C13H19N3O3S. The summed E-state index contributed by atoms with van der Waals surface area (Å²) in [7, 11) is 1.34. The molecule has 0 saturated heterocycles. The molecule has 1 amide bonds. The molecule has 1 aromatic heterocycles. The summed E-state index contributed by atoms with van der Waals surface area (Å²) >= 11 is 1.41. The number of carbonyl (C=O) groups is 2. The first-order chi connectivity index (χ1) is 9.61. The molecule has 0 bridgehead atoms. The number of hydrogen-bond donors (Lipinski definition) is 2. The normalized spacial score (nSPS) is 16.9. The Hall–Kier alpha value is -1.47. The second kappa shape index (κ2) is 6.32. The van der Waals surface area contributed by atoms with Gasteiger partial charge in [-0.1, -0.05) is 12.8 Å². The highest BCUT2D eigenvalue weighted by atomic mass is 32.1. The molecule has 1 fully saturated rings. The van der Waals surface area contributed by atoms with Crippen molar-refractivity contribution >= 4 is 23.2 Å². The highest BCUT2D eigenvalue weighted by Crippen LogP contribution is 2.31. The maximum absolute atomic E-state index is 12.2. The number of nitrogens with one attached hydrogen (secondary N) is 1. The van der Waals surface area contributed by atoms with E-state index >= 15 is 0 Å². The lowest BCUT2D eigenvalue weighted by atomic mass is 9.97. The molecule has 2 rings (SSSR count). The predicted octanol–water partition coefficient (Wildman–Crippen LogP) is 0.860. The van der Waals surface area contributed by atoms with Gasteiger partial charge in [0.25, 0.3) is 5.91 Å². The molecular weight excluding hydrogens is 278 g/mol. The number of aromatic nitrogens is 1. The molecule has 1 saturated carbocycles. The molecule has 6 nitrogen and oxygen atoms in total. The van der Waals surface area contributed by atoms with Crippen LogP contribution in [0.5, 0.6) is 0 Å². The van der Waals surface area contributed by atoms with Gasteiger partial charge in [-0.25, -0.2) is 9.78 Å². The number of nitrogens with zero attached hydrogens (tertiary/aromatic N) is 1. The average Bonchev–Trinajstić information content (AvgIpc) is 3.08. The van der Waals surface area contributed by atoms with E-state index in [0.717, 1.165) is 17.8 Å². The van der Waals surface area contributed by atoms with Gasteiger partial charge >= 0.3 is 5.97 Å². The SMILES string of the molecule is COC(=O)C1(NC(=O)c2csc(CCN)n2)CCCC1. The fourth-order valence-corrected chi connectivity index (χ4v) is 3.28. The minimum Gasteiger partial charge on any atom is -0.467 e. The third kappa shape index (κ3) is 2.99. The summed E-state index contributed by atoms with van der Waals surface area (Å²) in [5, 5.41) is 5.34. The third-order valence-corrected chi connectivity index (χ3v) is 4.44. The van der Waals surface area contributed by atoms with Crippen LogP contribution in [0.3, 0.4) is 0 Å². The van der Waals surface area contributed by atoms with Crippen LogP contribution in [0.15, 0.2) is 5.38 Å². The van der Waals surface area contributed by atoms with E-state index in [1.807, 2.05) is 0 Å². The van der Waals surface area contributed by atoms with Crippen LogP contribution in [0.1, 0.15) is 41.2 Å². The van der Waals surface area contributed by atoms with Crippen LogP contribution in [0, 0.1) is 0 Å². The van der Waals surface area contributed by atoms with Crippen LogP contribution in [-0.2, 0) is 16.0 Å². The van der Waals surface area contributed by atoms with E-state index in [1.165, 1.54) is 18.4 Å². The highest BCUT2D eigenvalue weighted by Gasteiger charge is 2.43. The minimum absolute atomic E-state index is 0.322. The van der Waals surface area contributed by atoms with Crippen molar-refractivity contribution in [3.05, 3.63) is 16.1 Å². The van der Waals surface area contributed by atoms with Crippen molar-refractivity contribution in [2.45, 2.75) is 37.6 Å². The number of carbonyl (C=O) groups excluding carboxylic acids is 2. The van der Waals surface area contributed by atoms with Crippen molar-refractivity contribution in [3.63, 3.8) is 0 Å². The van der Waals surface area contributed by atoms with Crippen molar-refractivity contribution in [2.75, 3.05) is 13.7 Å². The largest absolute Gasteiger partial charge is 0.467 e. The van der Waals surface area contributed by atoms with Crippen LogP contribution in [-0.4, -0.2) is 36.1 Å². The number of hydrogen-bond acceptors (Lipinski definition) is 6. The summed E-state index contributed by atoms with van der Waals surface area (Å²) in [6.45, 7) is 0.501. The van der Waals surface area contributed by atoms with E-state index in [0.29, 0.717) is 31.5 Å². The fraction of sp³-hybridized carbons (Fsp3) is 0.615. The first kappa shape index (κ1) is 14.9. The zero-order valence-corrected chi connectivity index (χ0v) is 12.3. The predicted molar refractivity (Wildman–Crippen MR) is 75.6 cm³/mol. The molecule has 0 aliphatic heterocycles. The third-order valence-electron chi connectivity index (χ3n) is 3.53. The Morgan fingerprint density at radius 1 is 1.50 bits per heavy atom. The molecule has 0 spiro atoms. The van der Waals surface area contributed by atoms with E-state index in [-0.39, 0.29) is 11.9 Å². The molecule has 1 aliphatic rings. The molecule has 0 aromatic carbocycles. The molecule has 0 radical (unpaired) electrons. The molecule has 0 atom stereocenters. The quantitative estimate of drug-likeness (QED) is 0.786. The summed E-state index contributed by atoms with van der Waals surface area (Å²) in [6, 6.07) is 0. The smallest absolute Gasteiger partial charge is 0.331 e. The van der Waals surface area contributed by atoms with Gasteiger partial charge in [-0.2, -0.15) is 0 Å². The number of methoxy groups -OCH3 is 1. The number of ether oxygens (including phenoxy) is 1. The Morgan fingerprint density at radius 3 is 2.80 bits per heavy atom. The molecule has 0 unspecified atom stereocenters. The van der Waals surface area contributed by atoms with E-state index in [2.05, 4.69) is 10.3 Å². The van der Waals surface area contributed by atoms with Gasteiger partial charge in [0.2, 0.25) is 0 Å². The van der Waals surface area contributed by atoms with Gasteiger partial charge in [-0.05, 0) is 19.4 Å². The maximum Gasteiger partial charge on any atom is 0.331 e. The second-order valence-electron chi connectivity index (χ2n) is 4.90. The van der Waals surface area contributed by atoms with Crippen LogP contribution in [0.25, 0.3) is 0 Å². The summed E-state index contributed by atoms with van der Waals surface area (Å²) < 4.78 is 4.83. The van der Waals surface area contributed by atoms with Gasteiger partial charge in [0.15, 0.2) is 0 Å². The molecule has 7 heteroatoms. The molecule has 1 heterocycles. The molecule has 110 valence electrons. The van der Waals surface area contributed by atoms with E-state index in [4.69, 9.17) is 10.5 Å². The van der Waals surface area contributed by atoms with Gasteiger partial charge in [-0.3, -0.25) is 4.79 Å². The minimum atomic E-state index is -0.885. The topological polar surface area (TPSA) is 94.3 Å². The molecule has 3 N–H and O–H groups in total. The number of esters is 1. The fourth-order valence-electron chi connectivity index (χ4n) is 2.49. The number of amides is 1. The Balaban J connectivity index is 2.10. The van der Waals surface area contributed by atoms with E-state index in [9.17, 15) is 9.59 Å². The van der Waals surface area contributed by atoms with Crippen LogP contribution >= 0.6 is 11.3 Å². The highest BCUT2D eigenvalue weighted by molar-refractivity contribution is 7.09. The van der Waals surface area contributed by atoms with Gasteiger partial charge < -0.3 is 15.8 Å². The number of rotatable bonds is 5. The van der Waals surface area contributed by atoms with Crippen molar-refractivity contribution in [3.8, 4) is 0 Å². The Kier molecular flexibility index (Phi) is 4.72. The Labute approximate surface area is 121 Å². The Morgan fingerprint density at radius 2 is 2.20 bits per heavy atom. The Bertz CT molecular complexity index is 495. The molecule has 1 aliphatic carbocycles. The average molecular weight is 297 g/mol. The lowest BCUT2D eigenvalue weighted by Gasteiger charge is -2.26. The number of nitrogens with two attached hydrogens (primary N) is 1. The summed E-state index contributed by atoms with van der Waals surface area (Å²) in [5.41, 5.74) is 4.92. The first-order valence-electron chi connectivity index (χ1n) is 6.67. The van der Waals surface area contributed by atoms with Crippen LogP contribution < -0.4 is 11.1 Å². The van der Waals surface area contributed by atoms with Gasteiger partial charge in [-0.15, -0.1) is 11.3 Å². The molecule has 1 aromatic rings. The lowest BCUT2D eigenvalue weighted by molar-refractivity contribution is -0.148. The van der Waals surface area contributed by atoms with E-state index < -0.39 is 5.54 Å². The van der Waals surface area contributed by atoms with Gasteiger partial charge in [0, 0.05) is 11.8 Å². The molecule has 20 heavy (non-hydrogen) atoms. The van der Waals surface area contributed by atoms with Crippen LogP contribution in [0.2, 0.25) is 0 Å². The maximum atomic E-state index is 12.2. The monoisotopic (exact) mass is 297 g/mol. The second-order valence-corrected chi connectivity index (χ2v) is 5.84. The first-order valence-corrected chi connectivity index (χ1v) is 7.54. The zero-order valence-electron chi connectivity index (χ0n) is 11.5. The summed E-state index contributed by atoms with van der Waals surface area (Å²) in [5.74, 6) is -0.697. The van der Waals surface area contributed by atoms with E-state index in [1.54, 1.807) is 5.38 Å². The van der Waals surface area contributed by atoms with Crippen molar-refractivity contribution < 1.29 is 14.3 Å². The number of thiazole rings is 1.